The van der Waals surface area contributed by atoms with Gasteiger partial charge in [0.1, 0.15) is 28.3 Å². The van der Waals surface area contributed by atoms with Crippen molar-refractivity contribution in [3.8, 4) is 11.1 Å². The average Bonchev–Trinajstić information content (AvgIpc) is 2.82. The fourth-order valence-electron chi connectivity index (χ4n) is 5.15. The molecule has 0 bridgehead atoms. The molecule has 0 N–H and O–H groups in total. The molecule has 0 spiro atoms. The van der Waals surface area contributed by atoms with E-state index < -0.39 is 33.9 Å². The summed E-state index contributed by atoms with van der Waals surface area (Å²) < 4.78 is 57.0. The molecule has 0 heterocycles. The molecule has 4 rings (SSSR count). The van der Waals surface area contributed by atoms with Gasteiger partial charge in [-0.3, -0.25) is 0 Å². The maximum Gasteiger partial charge on any atom is 0.145 e. The van der Waals surface area contributed by atoms with Crippen molar-refractivity contribution in [2.75, 3.05) is 0 Å². The summed E-state index contributed by atoms with van der Waals surface area (Å²) in [4.78, 5) is 0. The highest BCUT2D eigenvalue weighted by atomic mass is 35.5. The van der Waals surface area contributed by atoms with E-state index in [0.717, 1.165) is 57.1 Å². The maximum atomic E-state index is 14.7. The molecule has 0 amide bonds. The van der Waals surface area contributed by atoms with Crippen LogP contribution in [0.2, 0.25) is 5.02 Å². The zero-order valence-electron chi connectivity index (χ0n) is 19.3. The van der Waals surface area contributed by atoms with Crippen LogP contribution in [0.15, 0.2) is 48.5 Å². The van der Waals surface area contributed by atoms with Gasteiger partial charge in [0.25, 0.3) is 0 Å². The largest absolute Gasteiger partial charge is 0.206 e. The molecule has 1 saturated carbocycles. The number of hydrogen-bond acceptors (Lipinski definition) is 0. The Morgan fingerprint density at radius 2 is 1.32 bits per heavy atom. The summed E-state index contributed by atoms with van der Waals surface area (Å²) in [5.74, 6) is -2.64. The molecule has 1 aliphatic carbocycles. The summed E-state index contributed by atoms with van der Waals surface area (Å²) in [6, 6.07) is 13.3. The van der Waals surface area contributed by atoms with Crippen molar-refractivity contribution in [2.45, 2.75) is 64.2 Å². The molecule has 0 atom stereocenters. The fourth-order valence-corrected chi connectivity index (χ4v) is 5.26. The minimum Gasteiger partial charge on any atom is -0.206 e. The fraction of sp³-hybridized carbons (Fsp3) is 0.379. The van der Waals surface area contributed by atoms with Gasteiger partial charge in [-0.05, 0) is 103 Å². The molecule has 5 heteroatoms. The minimum atomic E-state index is -1.05. The van der Waals surface area contributed by atoms with Gasteiger partial charge in [-0.25, -0.2) is 17.6 Å². The Kier molecular flexibility index (Phi) is 7.98. The maximum absolute atomic E-state index is 14.7. The second kappa shape index (κ2) is 10.9. The first-order valence-corrected chi connectivity index (χ1v) is 12.4. The van der Waals surface area contributed by atoms with Crippen LogP contribution in [-0.2, 0) is 12.8 Å². The Morgan fingerprint density at radius 3 is 1.88 bits per heavy atom. The van der Waals surface area contributed by atoms with Gasteiger partial charge in [0, 0.05) is 0 Å². The van der Waals surface area contributed by atoms with Crippen molar-refractivity contribution in [1.82, 2.24) is 0 Å². The number of aryl methyl sites for hydroxylation is 2. The highest BCUT2D eigenvalue weighted by molar-refractivity contribution is 6.31. The van der Waals surface area contributed by atoms with Crippen LogP contribution in [0.1, 0.15) is 68.1 Å². The quantitative estimate of drug-likeness (QED) is 0.229. The first-order valence-electron chi connectivity index (χ1n) is 12.1. The first-order chi connectivity index (χ1) is 16.4. The van der Waals surface area contributed by atoms with E-state index in [0.29, 0.717) is 23.8 Å². The highest BCUT2D eigenvalue weighted by Gasteiger charge is 2.23. The van der Waals surface area contributed by atoms with Gasteiger partial charge in [-0.2, -0.15) is 0 Å². The van der Waals surface area contributed by atoms with Crippen molar-refractivity contribution in [1.29, 1.82) is 0 Å². The van der Waals surface area contributed by atoms with E-state index in [1.54, 1.807) is 0 Å². The van der Waals surface area contributed by atoms with Crippen LogP contribution in [0, 0.1) is 29.2 Å². The van der Waals surface area contributed by atoms with Gasteiger partial charge in [-0.15, -0.1) is 0 Å². The lowest BCUT2D eigenvalue weighted by Crippen LogP contribution is -2.14. The Bertz CT molecular complexity index is 1090. The predicted molar refractivity (Wildman–Crippen MR) is 130 cm³/mol. The SMILES string of the molecule is CCCc1ccc(C2CCC(CCc3cc(F)c(-c4cc(F)c(Cl)c(F)c4)c(F)c3)CC2)cc1. The van der Waals surface area contributed by atoms with Crippen LogP contribution in [0.4, 0.5) is 17.6 Å². The summed E-state index contributed by atoms with van der Waals surface area (Å²) in [5.41, 5.74) is 2.71. The molecule has 1 aliphatic rings. The number of benzene rings is 3. The summed E-state index contributed by atoms with van der Waals surface area (Å²) in [7, 11) is 0. The predicted octanol–water partition coefficient (Wildman–Crippen LogP) is 9.42. The zero-order chi connectivity index (χ0) is 24.2. The van der Waals surface area contributed by atoms with Crippen molar-refractivity contribution in [3.63, 3.8) is 0 Å². The van der Waals surface area contributed by atoms with Gasteiger partial charge in [-0.1, -0.05) is 49.2 Å². The smallest absolute Gasteiger partial charge is 0.145 e. The molecular formula is C29H29ClF4. The molecule has 180 valence electrons. The third-order valence-corrected chi connectivity index (χ3v) is 7.41. The second-order valence-electron chi connectivity index (χ2n) is 9.44. The van der Waals surface area contributed by atoms with Crippen LogP contribution >= 0.6 is 11.6 Å². The highest BCUT2D eigenvalue weighted by Crippen LogP contribution is 2.38. The molecule has 0 aromatic heterocycles. The van der Waals surface area contributed by atoms with Gasteiger partial charge in [0.2, 0.25) is 0 Å². The van der Waals surface area contributed by atoms with Gasteiger partial charge >= 0.3 is 0 Å². The van der Waals surface area contributed by atoms with Gasteiger partial charge < -0.3 is 0 Å². The number of halogens is 5. The summed E-state index contributed by atoms with van der Waals surface area (Å²) in [6.45, 7) is 2.19. The molecule has 3 aromatic rings. The van der Waals surface area contributed by atoms with E-state index in [-0.39, 0.29) is 5.56 Å². The third-order valence-electron chi connectivity index (χ3n) is 7.05. The Morgan fingerprint density at radius 1 is 0.735 bits per heavy atom. The van der Waals surface area contributed by atoms with E-state index in [2.05, 4.69) is 31.2 Å². The Labute approximate surface area is 204 Å². The van der Waals surface area contributed by atoms with Crippen molar-refractivity contribution in [3.05, 3.63) is 93.5 Å². The zero-order valence-corrected chi connectivity index (χ0v) is 20.1. The van der Waals surface area contributed by atoms with E-state index in [4.69, 9.17) is 11.6 Å². The summed E-state index contributed by atoms with van der Waals surface area (Å²) in [5, 5.41) is -0.690. The summed E-state index contributed by atoms with van der Waals surface area (Å²) in [6.07, 6.45) is 8.17. The lowest BCUT2D eigenvalue weighted by atomic mass is 9.76. The van der Waals surface area contributed by atoms with E-state index in [1.165, 1.54) is 23.3 Å². The molecule has 1 fully saturated rings. The van der Waals surface area contributed by atoms with Gasteiger partial charge in [0.15, 0.2) is 0 Å². The topological polar surface area (TPSA) is 0 Å². The standard InChI is InChI=1S/C29H29ClF4/c1-2-3-18-6-10-21(11-7-18)22-12-8-19(9-13-22)4-5-20-14-24(31)28(25(32)15-20)23-16-26(33)29(30)27(34)17-23/h6-7,10-11,14-17,19,22H,2-5,8-9,12-13H2,1H3. The number of hydrogen-bond donors (Lipinski definition) is 0. The van der Waals surface area contributed by atoms with Crippen LogP contribution in [0.3, 0.4) is 0 Å². The third kappa shape index (κ3) is 5.66. The monoisotopic (exact) mass is 488 g/mol. The average molecular weight is 489 g/mol. The molecule has 0 saturated heterocycles. The van der Waals surface area contributed by atoms with Crippen LogP contribution in [0.5, 0.6) is 0 Å². The molecule has 0 aliphatic heterocycles. The van der Waals surface area contributed by atoms with Crippen molar-refractivity contribution >= 4 is 11.6 Å². The van der Waals surface area contributed by atoms with Crippen molar-refractivity contribution in [2.24, 2.45) is 5.92 Å². The van der Waals surface area contributed by atoms with Crippen LogP contribution < -0.4 is 0 Å². The van der Waals surface area contributed by atoms with Crippen molar-refractivity contribution < 1.29 is 17.6 Å². The Balaban J connectivity index is 1.35. The molecule has 0 nitrogen and oxygen atoms in total. The molecule has 0 unspecified atom stereocenters. The molecule has 3 aromatic carbocycles. The van der Waals surface area contributed by atoms with E-state index in [9.17, 15) is 17.6 Å². The molecular weight excluding hydrogens is 460 g/mol. The second-order valence-corrected chi connectivity index (χ2v) is 9.81. The van der Waals surface area contributed by atoms with E-state index in [1.807, 2.05) is 0 Å². The Hall–Kier alpha value is -2.33. The molecule has 34 heavy (non-hydrogen) atoms. The van der Waals surface area contributed by atoms with E-state index >= 15 is 0 Å². The lowest BCUT2D eigenvalue weighted by molar-refractivity contribution is 0.310. The molecule has 0 radical (unpaired) electrons. The minimum absolute atomic E-state index is 0.206. The van der Waals surface area contributed by atoms with Crippen LogP contribution in [-0.4, -0.2) is 0 Å². The number of rotatable bonds is 7. The van der Waals surface area contributed by atoms with Crippen LogP contribution in [0.25, 0.3) is 11.1 Å². The van der Waals surface area contributed by atoms with Gasteiger partial charge in [0.05, 0.1) is 5.56 Å². The lowest BCUT2D eigenvalue weighted by Gasteiger charge is -2.29. The summed E-state index contributed by atoms with van der Waals surface area (Å²) >= 11 is 5.48. The normalized spacial score (nSPS) is 18.3. The first kappa shape index (κ1) is 24.8.